The van der Waals surface area contributed by atoms with E-state index >= 15 is 0 Å². The van der Waals surface area contributed by atoms with Crippen molar-refractivity contribution in [2.45, 2.75) is 50.1 Å². The Hall–Kier alpha value is -2.18. The summed E-state index contributed by atoms with van der Waals surface area (Å²) in [4.78, 5) is 13.9. The Morgan fingerprint density at radius 1 is 1.15 bits per heavy atom. The van der Waals surface area contributed by atoms with Crippen molar-refractivity contribution >= 4 is 21.6 Å². The monoisotopic (exact) mass is 384 g/mol. The van der Waals surface area contributed by atoms with Gasteiger partial charge in [0, 0.05) is 24.7 Å². The normalized spacial score (nSPS) is 20.4. The van der Waals surface area contributed by atoms with Gasteiger partial charge < -0.3 is 4.90 Å². The molecule has 0 aromatic heterocycles. The number of hydrogen-bond donors (Lipinski definition) is 1. The lowest BCUT2D eigenvalue weighted by atomic mass is 10.0. The molecule has 2 atom stereocenters. The highest BCUT2D eigenvalue weighted by Gasteiger charge is 2.36. The molecule has 27 heavy (non-hydrogen) atoms. The lowest BCUT2D eigenvalue weighted by Gasteiger charge is -2.21. The molecule has 1 amide bonds. The Bertz CT molecular complexity index is 968. The molecule has 4 rings (SSSR count). The highest BCUT2D eigenvalue weighted by atomic mass is 32.2. The van der Waals surface area contributed by atoms with Crippen LogP contribution in [0.2, 0.25) is 0 Å². The highest BCUT2D eigenvalue weighted by Crippen LogP contribution is 2.42. The van der Waals surface area contributed by atoms with Crippen LogP contribution in [0.3, 0.4) is 0 Å². The van der Waals surface area contributed by atoms with Gasteiger partial charge in [-0.1, -0.05) is 30.3 Å². The van der Waals surface area contributed by atoms with E-state index in [0.29, 0.717) is 12.3 Å². The molecular formula is C21H24N2O3S. The molecule has 2 aromatic rings. The predicted molar refractivity (Wildman–Crippen MR) is 105 cm³/mol. The van der Waals surface area contributed by atoms with Crippen molar-refractivity contribution in [2.75, 3.05) is 4.90 Å². The molecule has 1 aliphatic carbocycles. The van der Waals surface area contributed by atoms with Crippen molar-refractivity contribution in [2.24, 2.45) is 5.92 Å². The van der Waals surface area contributed by atoms with Crippen molar-refractivity contribution in [1.82, 2.24) is 4.72 Å². The van der Waals surface area contributed by atoms with Gasteiger partial charge in [0.15, 0.2) is 0 Å². The molecule has 5 nitrogen and oxygen atoms in total. The summed E-state index contributed by atoms with van der Waals surface area (Å²) < 4.78 is 29.0. The second-order valence-corrected chi connectivity index (χ2v) is 9.29. The van der Waals surface area contributed by atoms with Gasteiger partial charge in [0.2, 0.25) is 15.9 Å². The number of nitrogens with one attached hydrogen (secondary N) is 1. The molecule has 0 saturated heterocycles. The van der Waals surface area contributed by atoms with Gasteiger partial charge in [-0.05, 0) is 61.4 Å². The average Bonchev–Trinajstić information content (AvgIpc) is 3.41. The molecule has 1 N–H and O–H groups in total. The number of carbonyl (C=O) groups excluding carboxylic acids is 1. The van der Waals surface area contributed by atoms with E-state index in [1.165, 1.54) is 6.92 Å². The molecule has 0 bridgehead atoms. The maximum absolute atomic E-state index is 13.1. The van der Waals surface area contributed by atoms with Crippen molar-refractivity contribution < 1.29 is 13.2 Å². The first-order chi connectivity index (χ1) is 12.9. The summed E-state index contributed by atoms with van der Waals surface area (Å²) in [6.07, 6.45) is 2.75. The van der Waals surface area contributed by atoms with Crippen molar-refractivity contribution in [3.05, 3.63) is 59.7 Å². The standard InChI is InChI=1S/C21H24N2O3S/c1-14-12-18-13-19(10-11-20(18)23(14)15(2)24)27(25,26)22-21(17-8-9-17)16-6-4-3-5-7-16/h3-7,10-11,13-14,17,21-22H,8-9,12H2,1-2H3. The van der Waals surface area contributed by atoms with Crippen molar-refractivity contribution in [1.29, 1.82) is 0 Å². The van der Waals surface area contributed by atoms with Crippen LogP contribution in [0.15, 0.2) is 53.4 Å². The van der Waals surface area contributed by atoms with Gasteiger partial charge in [0.05, 0.1) is 4.90 Å². The van der Waals surface area contributed by atoms with Crippen LogP contribution in [0.4, 0.5) is 5.69 Å². The van der Waals surface area contributed by atoms with Crippen LogP contribution >= 0.6 is 0 Å². The molecule has 0 spiro atoms. The van der Waals surface area contributed by atoms with Gasteiger partial charge in [-0.2, -0.15) is 0 Å². The third-order valence-electron chi connectivity index (χ3n) is 5.45. The number of sulfonamides is 1. The minimum atomic E-state index is -3.64. The Balaban J connectivity index is 1.63. The number of hydrogen-bond acceptors (Lipinski definition) is 3. The molecule has 142 valence electrons. The van der Waals surface area contributed by atoms with Crippen LogP contribution < -0.4 is 9.62 Å². The summed E-state index contributed by atoms with van der Waals surface area (Å²) in [7, 11) is -3.64. The largest absolute Gasteiger partial charge is 0.309 e. The van der Waals surface area contributed by atoms with E-state index in [1.54, 1.807) is 23.1 Å². The van der Waals surface area contributed by atoms with Gasteiger partial charge in [-0.15, -0.1) is 0 Å². The van der Waals surface area contributed by atoms with E-state index in [0.717, 1.165) is 29.7 Å². The lowest BCUT2D eigenvalue weighted by Crippen LogP contribution is -2.33. The fraction of sp³-hybridized carbons (Fsp3) is 0.381. The SMILES string of the molecule is CC(=O)N1c2ccc(S(=O)(=O)NC(c3ccccc3)C3CC3)cc2CC1C. The Labute approximate surface area is 160 Å². The second kappa shape index (κ2) is 6.77. The van der Waals surface area contributed by atoms with Crippen molar-refractivity contribution in [3.63, 3.8) is 0 Å². The van der Waals surface area contributed by atoms with Gasteiger partial charge >= 0.3 is 0 Å². The van der Waals surface area contributed by atoms with E-state index in [9.17, 15) is 13.2 Å². The molecule has 1 heterocycles. The smallest absolute Gasteiger partial charge is 0.241 e. The van der Waals surface area contributed by atoms with E-state index in [-0.39, 0.29) is 22.9 Å². The van der Waals surface area contributed by atoms with Crippen LogP contribution in [0.5, 0.6) is 0 Å². The van der Waals surface area contributed by atoms with Crippen LogP contribution in [0, 0.1) is 5.92 Å². The summed E-state index contributed by atoms with van der Waals surface area (Å²) in [5.74, 6) is 0.331. The van der Waals surface area contributed by atoms with Crippen LogP contribution in [-0.2, 0) is 21.2 Å². The highest BCUT2D eigenvalue weighted by molar-refractivity contribution is 7.89. The predicted octanol–water partition coefficient (Wildman–Crippen LogP) is 3.41. The molecule has 2 aromatic carbocycles. The van der Waals surface area contributed by atoms with Gasteiger partial charge in [0.1, 0.15) is 0 Å². The molecular weight excluding hydrogens is 360 g/mol. The van der Waals surface area contributed by atoms with E-state index in [1.807, 2.05) is 37.3 Å². The Kier molecular flexibility index (Phi) is 4.56. The fourth-order valence-corrected chi connectivity index (χ4v) is 5.36. The Morgan fingerprint density at radius 3 is 2.48 bits per heavy atom. The summed E-state index contributed by atoms with van der Waals surface area (Å²) >= 11 is 0. The number of carbonyl (C=O) groups is 1. The van der Waals surface area contributed by atoms with E-state index < -0.39 is 10.0 Å². The third kappa shape index (κ3) is 3.51. The number of fused-ring (bicyclic) bond motifs is 1. The first-order valence-corrected chi connectivity index (χ1v) is 10.8. The quantitative estimate of drug-likeness (QED) is 0.859. The molecule has 2 aliphatic rings. The molecule has 0 radical (unpaired) electrons. The topological polar surface area (TPSA) is 66.5 Å². The minimum absolute atomic E-state index is 0.0205. The van der Waals surface area contributed by atoms with Crippen molar-refractivity contribution in [3.8, 4) is 0 Å². The maximum Gasteiger partial charge on any atom is 0.241 e. The molecule has 1 aliphatic heterocycles. The summed E-state index contributed by atoms with van der Waals surface area (Å²) in [5.41, 5.74) is 2.72. The second-order valence-electron chi connectivity index (χ2n) is 7.58. The fourth-order valence-electron chi connectivity index (χ4n) is 4.02. The number of rotatable bonds is 5. The van der Waals surface area contributed by atoms with E-state index in [4.69, 9.17) is 0 Å². The lowest BCUT2D eigenvalue weighted by molar-refractivity contribution is -0.116. The van der Waals surface area contributed by atoms with Crippen LogP contribution in [0.1, 0.15) is 43.9 Å². The number of benzene rings is 2. The maximum atomic E-state index is 13.1. The number of amides is 1. The molecule has 1 fully saturated rings. The Morgan fingerprint density at radius 2 is 1.85 bits per heavy atom. The minimum Gasteiger partial charge on any atom is -0.309 e. The molecule has 2 unspecified atom stereocenters. The van der Waals surface area contributed by atoms with Crippen LogP contribution in [-0.4, -0.2) is 20.4 Å². The number of nitrogens with zero attached hydrogens (tertiary/aromatic N) is 1. The zero-order chi connectivity index (χ0) is 19.2. The van der Waals surface area contributed by atoms with Gasteiger partial charge in [0.25, 0.3) is 0 Å². The summed E-state index contributed by atoms with van der Waals surface area (Å²) in [6.45, 7) is 3.52. The average molecular weight is 385 g/mol. The molecule has 6 heteroatoms. The molecule has 1 saturated carbocycles. The third-order valence-corrected chi connectivity index (χ3v) is 6.89. The van der Waals surface area contributed by atoms with E-state index in [2.05, 4.69) is 4.72 Å². The first kappa shape index (κ1) is 18.2. The summed E-state index contributed by atoms with van der Waals surface area (Å²) in [5, 5.41) is 0. The summed E-state index contributed by atoms with van der Waals surface area (Å²) in [6, 6.07) is 14.7. The van der Waals surface area contributed by atoms with Gasteiger partial charge in [-0.25, -0.2) is 13.1 Å². The van der Waals surface area contributed by atoms with Gasteiger partial charge in [-0.3, -0.25) is 4.79 Å². The zero-order valence-electron chi connectivity index (χ0n) is 15.6. The van der Waals surface area contributed by atoms with Crippen LogP contribution in [0.25, 0.3) is 0 Å². The zero-order valence-corrected chi connectivity index (χ0v) is 16.4. The number of anilines is 1. The first-order valence-electron chi connectivity index (χ1n) is 9.37.